The summed E-state index contributed by atoms with van der Waals surface area (Å²) < 4.78 is 10.6. The van der Waals surface area contributed by atoms with E-state index in [1.165, 1.54) is 0 Å². The SMILES string of the molecule is COc1cc(O)c([C@H](C)N2CCNCC2)c(OC)c1. The van der Waals surface area contributed by atoms with Gasteiger partial charge in [0.1, 0.15) is 17.2 Å². The smallest absolute Gasteiger partial charge is 0.131 e. The van der Waals surface area contributed by atoms with Crippen molar-refractivity contribution < 1.29 is 14.6 Å². The molecule has 0 radical (unpaired) electrons. The van der Waals surface area contributed by atoms with Crippen molar-refractivity contribution in [3.05, 3.63) is 17.7 Å². The largest absolute Gasteiger partial charge is 0.507 e. The Morgan fingerprint density at radius 1 is 1.21 bits per heavy atom. The standard InChI is InChI=1S/C14H22N2O3/c1-10(16-6-4-15-5-7-16)14-12(17)8-11(18-2)9-13(14)19-3/h8-10,15,17H,4-7H2,1-3H3/t10-/m0/s1. The van der Waals surface area contributed by atoms with Crippen molar-refractivity contribution in [1.82, 2.24) is 10.2 Å². The van der Waals surface area contributed by atoms with Crippen LogP contribution in [0, 0.1) is 0 Å². The molecule has 106 valence electrons. The van der Waals surface area contributed by atoms with E-state index in [0.29, 0.717) is 11.5 Å². The van der Waals surface area contributed by atoms with Gasteiger partial charge in [-0.05, 0) is 6.92 Å². The summed E-state index contributed by atoms with van der Waals surface area (Å²) in [5.74, 6) is 1.50. The van der Waals surface area contributed by atoms with Gasteiger partial charge in [0, 0.05) is 44.4 Å². The molecule has 1 aromatic carbocycles. The number of hydrogen-bond acceptors (Lipinski definition) is 5. The number of rotatable bonds is 4. The lowest BCUT2D eigenvalue weighted by Gasteiger charge is -2.33. The van der Waals surface area contributed by atoms with Crippen molar-refractivity contribution in [1.29, 1.82) is 0 Å². The molecule has 1 aliphatic heterocycles. The van der Waals surface area contributed by atoms with E-state index in [-0.39, 0.29) is 11.8 Å². The van der Waals surface area contributed by atoms with E-state index >= 15 is 0 Å². The highest BCUT2D eigenvalue weighted by Gasteiger charge is 2.24. The molecule has 0 saturated carbocycles. The van der Waals surface area contributed by atoms with E-state index in [9.17, 15) is 5.11 Å². The topological polar surface area (TPSA) is 54.0 Å². The fraction of sp³-hybridized carbons (Fsp3) is 0.571. The van der Waals surface area contributed by atoms with Crippen molar-refractivity contribution in [3.63, 3.8) is 0 Å². The molecular formula is C14H22N2O3. The monoisotopic (exact) mass is 266 g/mol. The summed E-state index contributed by atoms with van der Waals surface area (Å²) in [5.41, 5.74) is 0.824. The van der Waals surface area contributed by atoms with Crippen molar-refractivity contribution >= 4 is 0 Å². The molecule has 0 unspecified atom stereocenters. The lowest BCUT2D eigenvalue weighted by atomic mass is 10.0. The Bertz CT molecular complexity index is 431. The molecule has 0 bridgehead atoms. The number of aromatic hydroxyl groups is 1. The van der Waals surface area contributed by atoms with Crippen molar-refractivity contribution in [3.8, 4) is 17.2 Å². The fourth-order valence-corrected chi connectivity index (χ4v) is 2.55. The van der Waals surface area contributed by atoms with Crippen LogP contribution in [0.5, 0.6) is 17.2 Å². The summed E-state index contributed by atoms with van der Waals surface area (Å²) in [6.07, 6.45) is 0. The predicted molar refractivity (Wildman–Crippen MR) is 74.1 cm³/mol. The van der Waals surface area contributed by atoms with Gasteiger partial charge in [-0.1, -0.05) is 0 Å². The first-order valence-corrected chi connectivity index (χ1v) is 6.57. The molecule has 19 heavy (non-hydrogen) atoms. The molecular weight excluding hydrogens is 244 g/mol. The van der Waals surface area contributed by atoms with Crippen molar-refractivity contribution in [2.45, 2.75) is 13.0 Å². The number of piperazine rings is 1. The minimum atomic E-state index is 0.114. The zero-order valence-corrected chi connectivity index (χ0v) is 11.8. The Labute approximate surface area is 114 Å². The van der Waals surface area contributed by atoms with Crippen LogP contribution in [-0.2, 0) is 0 Å². The molecule has 5 nitrogen and oxygen atoms in total. The van der Waals surface area contributed by atoms with Crippen LogP contribution in [0.3, 0.4) is 0 Å². The Balaban J connectivity index is 2.31. The maximum atomic E-state index is 10.2. The second-order valence-corrected chi connectivity index (χ2v) is 4.72. The van der Waals surface area contributed by atoms with Gasteiger partial charge in [0.2, 0.25) is 0 Å². The summed E-state index contributed by atoms with van der Waals surface area (Å²) in [5, 5.41) is 13.6. The van der Waals surface area contributed by atoms with E-state index < -0.39 is 0 Å². The number of hydrogen-bond donors (Lipinski definition) is 2. The van der Waals surface area contributed by atoms with Crippen LogP contribution >= 0.6 is 0 Å². The highest BCUT2D eigenvalue weighted by molar-refractivity contribution is 5.51. The first-order chi connectivity index (χ1) is 9.17. The van der Waals surface area contributed by atoms with Gasteiger partial charge in [-0.15, -0.1) is 0 Å². The van der Waals surface area contributed by atoms with Crippen LogP contribution in [0.1, 0.15) is 18.5 Å². The fourth-order valence-electron chi connectivity index (χ4n) is 2.55. The molecule has 1 atom stereocenters. The maximum Gasteiger partial charge on any atom is 0.131 e. The molecule has 2 rings (SSSR count). The molecule has 0 aromatic heterocycles. The zero-order chi connectivity index (χ0) is 13.8. The van der Waals surface area contributed by atoms with Crippen molar-refractivity contribution in [2.75, 3.05) is 40.4 Å². The first kappa shape index (κ1) is 14.0. The van der Waals surface area contributed by atoms with Gasteiger partial charge in [0.05, 0.1) is 19.8 Å². The average Bonchev–Trinajstić information content (AvgIpc) is 2.46. The van der Waals surface area contributed by atoms with Crippen molar-refractivity contribution in [2.24, 2.45) is 0 Å². The highest BCUT2D eigenvalue weighted by Crippen LogP contribution is 2.39. The van der Waals surface area contributed by atoms with E-state index in [4.69, 9.17) is 9.47 Å². The first-order valence-electron chi connectivity index (χ1n) is 6.57. The second-order valence-electron chi connectivity index (χ2n) is 4.72. The van der Waals surface area contributed by atoms with Gasteiger partial charge >= 0.3 is 0 Å². The number of benzene rings is 1. The quantitative estimate of drug-likeness (QED) is 0.862. The molecule has 2 N–H and O–H groups in total. The lowest BCUT2D eigenvalue weighted by Crippen LogP contribution is -2.44. The Morgan fingerprint density at radius 3 is 2.47 bits per heavy atom. The third-order valence-corrected chi connectivity index (χ3v) is 3.67. The summed E-state index contributed by atoms with van der Waals surface area (Å²) in [6, 6.07) is 3.56. The zero-order valence-electron chi connectivity index (χ0n) is 11.8. The van der Waals surface area contributed by atoms with Crippen LogP contribution < -0.4 is 14.8 Å². The van der Waals surface area contributed by atoms with Gasteiger partial charge in [-0.25, -0.2) is 0 Å². The second kappa shape index (κ2) is 6.12. The highest BCUT2D eigenvalue weighted by atomic mass is 16.5. The average molecular weight is 266 g/mol. The minimum absolute atomic E-state index is 0.114. The van der Waals surface area contributed by atoms with Gasteiger partial charge < -0.3 is 19.9 Å². The number of nitrogens with one attached hydrogen (secondary N) is 1. The summed E-state index contributed by atoms with van der Waals surface area (Å²) in [6.45, 7) is 5.98. The molecule has 1 saturated heterocycles. The third kappa shape index (κ3) is 2.93. The van der Waals surface area contributed by atoms with E-state index in [1.54, 1.807) is 20.3 Å². The van der Waals surface area contributed by atoms with Gasteiger partial charge in [0.25, 0.3) is 0 Å². The Morgan fingerprint density at radius 2 is 1.89 bits per heavy atom. The minimum Gasteiger partial charge on any atom is -0.507 e. The normalized spacial score (nSPS) is 18.1. The number of methoxy groups -OCH3 is 2. The van der Waals surface area contributed by atoms with Gasteiger partial charge in [0.15, 0.2) is 0 Å². The molecule has 0 spiro atoms. The molecule has 1 aromatic rings. The number of ether oxygens (including phenoxy) is 2. The van der Waals surface area contributed by atoms with E-state index in [2.05, 4.69) is 17.1 Å². The molecule has 0 aliphatic carbocycles. The summed E-state index contributed by atoms with van der Waals surface area (Å²) in [7, 11) is 3.19. The van der Waals surface area contributed by atoms with Crippen LogP contribution in [0.15, 0.2) is 12.1 Å². The van der Waals surface area contributed by atoms with Crippen LogP contribution in [-0.4, -0.2) is 50.4 Å². The van der Waals surface area contributed by atoms with E-state index in [0.717, 1.165) is 31.7 Å². The molecule has 1 aliphatic rings. The number of nitrogens with zero attached hydrogens (tertiary/aromatic N) is 1. The van der Waals surface area contributed by atoms with Gasteiger partial charge in [-0.3, -0.25) is 4.90 Å². The number of phenolic OH excluding ortho intramolecular Hbond substituents is 1. The summed E-state index contributed by atoms with van der Waals surface area (Å²) >= 11 is 0. The molecule has 1 fully saturated rings. The molecule has 1 heterocycles. The Hall–Kier alpha value is -1.46. The lowest BCUT2D eigenvalue weighted by molar-refractivity contribution is 0.179. The predicted octanol–water partition coefficient (Wildman–Crippen LogP) is 1.38. The van der Waals surface area contributed by atoms with E-state index in [1.807, 2.05) is 6.07 Å². The molecule has 0 amide bonds. The Kier molecular flexibility index (Phi) is 4.50. The van der Waals surface area contributed by atoms with Gasteiger partial charge in [-0.2, -0.15) is 0 Å². The van der Waals surface area contributed by atoms with Crippen LogP contribution in [0.2, 0.25) is 0 Å². The number of phenols is 1. The molecule has 5 heteroatoms. The third-order valence-electron chi connectivity index (χ3n) is 3.67. The van der Waals surface area contributed by atoms with Crippen LogP contribution in [0.4, 0.5) is 0 Å². The van der Waals surface area contributed by atoms with Crippen LogP contribution in [0.25, 0.3) is 0 Å². The maximum absolute atomic E-state index is 10.2. The summed E-state index contributed by atoms with van der Waals surface area (Å²) in [4.78, 5) is 2.33.